The predicted octanol–water partition coefficient (Wildman–Crippen LogP) is 2.46. The third kappa shape index (κ3) is 5.35. The maximum Gasteiger partial charge on any atom is 0.328 e. The van der Waals surface area contributed by atoms with Gasteiger partial charge in [0.2, 0.25) is 5.91 Å². The number of urea groups is 1. The number of benzene rings is 1. The lowest BCUT2D eigenvalue weighted by molar-refractivity contribution is -0.120. The minimum Gasteiger partial charge on any atom is -0.397 e. The molecule has 2 aromatic rings. The van der Waals surface area contributed by atoms with E-state index in [0.717, 1.165) is 68.8 Å². The maximum atomic E-state index is 12.2. The number of anilines is 4. The molecule has 5 rings (SSSR count). The first-order valence-corrected chi connectivity index (χ1v) is 12.6. The van der Waals surface area contributed by atoms with Gasteiger partial charge in [-0.2, -0.15) is 0 Å². The van der Waals surface area contributed by atoms with Gasteiger partial charge >= 0.3 is 6.03 Å². The van der Waals surface area contributed by atoms with Crippen LogP contribution in [0.3, 0.4) is 0 Å². The number of amides is 3. The lowest BCUT2D eigenvalue weighted by Gasteiger charge is -2.40. The van der Waals surface area contributed by atoms with Crippen molar-refractivity contribution in [1.29, 1.82) is 0 Å². The Morgan fingerprint density at radius 3 is 2.40 bits per heavy atom. The van der Waals surface area contributed by atoms with Crippen molar-refractivity contribution in [2.45, 2.75) is 26.2 Å². The van der Waals surface area contributed by atoms with Crippen molar-refractivity contribution in [3.8, 4) is 0 Å². The van der Waals surface area contributed by atoms with Gasteiger partial charge in [0.05, 0.1) is 11.9 Å². The Labute approximate surface area is 206 Å². The van der Waals surface area contributed by atoms with E-state index in [1.54, 1.807) is 11.1 Å². The van der Waals surface area contributed by atoms with Gasteiger partial charge in [-0.3, -0.25) is 19.9 Å². The molecule has 1 aromatic heterocycles. The Bertz CT molecular complexity index is 1060. The standard InChI is InChI=1S/C26H35N7O2/c1-19-16-22(3-4-23(19)33-11-8-25(34)29-26(33)35)31-14-12-30(13-15-31)18-20-6-9-32(10-7-20)24-5-2-21(27)17-28-24/h2-5,16-17,20H,6-15,18,27H2,1H3,(H,29,34,35). The van der Waals surface area contributed by atoms with Crippen molar-refractivity contribution in [1.82, 2.24) is 15.2 Å². The van der Waals surface area contributed by atoms with E-state index < -0.39 is 0 Å². The normalized spacial score (nSPS) is 20.3. The molecule has 3 amide bonds. The van der Waals surface area contributed by atoms with Gasteiger partial charge in [0.1, 0.15) is 5.82 Å². The fraction of sp³-hybridized carbons (Fsp3) is 0.500. The zero-order valence-electron chi connectivity index (χ0n) is 20.4. The Morgan fingerprint density at radius 1 is 0.971 bits per heavy atom. The van der Waals surface area contributed by atoms with Crippen LogP contribution < -0.4 is 25.8 Å². The number of nitrogens with zero attached hydrogens (tertiary/aromatic N) is 5. The lowest BCUT2D eigenvalue weighted by atomic mass is 9.96. The molecule has 35 heavy (non-hydrogen) atoms. The molecular weight excluding hydrogens is 442 g/mol. The number of nitrogen functional groups attached to an aromatic ring is 1. The smallest absolute Gasteiger partial charge is 0.328 e. The van der Waals surface area contributed by atoms with E-state index in [0.29, 0.717) is 18.7 Å². The van der Waals surface area contributed by atoms with E-state index in [1.165, 1.54) is 18.5 Å². The van der Waals surface area contributed by atoms with Crippen LogP contribution in [0.2, 0.25) is 0 Å². The second-order valence-corrected chi connectivity index (χ2v) is 9.89. The fourth-order valence-electron chi connectivity index (χ4n) is 5.42. The molecule has 0 aliphatic carbocycles. The van der Waals surface area contributed by atoms with Crippen LogP contribution in [0.4, 0.5) is 27.7 Å². The van der Waals surface area contributed by atoms with E-state index in [-0.39, 0.29) is 11.9 Å². The number of aromatic nitrogens is 1. The first kappa shape index (κ1) is 23.4. The molecule has 9 nitrogen and oxygen atoms in total. The summed E-state index contributed by atoms with van der Waals surface area (Å²) in [6.45, 7) is 9.88. The SMILES string of the molecule is Cc1cc(N2CCN(CC3CCN(c4ccc(N)cn4)CC3)CC2)ccc1N1CCC(=O)NC1=O. The summed E-state index contributed by atoms with van der Waals surface area (Å²) in [6.07, 6.45) is 4.47. The van der Waals surface area contributed by atoms with E-state index >= 15 is 0 Å². The van der Waals surface area contributed by atoms with E-state index in [9.17, 15) is 9.59 Å². The molecule has 1 aromatic carbocycles. The number of pyridine rings is 1. The second-order valence-electron chi connectivity index (χ2n) is 9.89. The van der Waals surface area contributed by atoms with Gasteiger partial charge in [-0.15, -0.1) is 0 Å². The molecule has 0 radical (unpaired) electrons. The quantitative estimate of drug-likeness (QED) is 0.683. The molecule has 3 saturated heterocycles. The molecule has 3 fully saturated rings. The molecule has 0 bridgehead atoms. The number of nitrogens with one attached hydrogen (secondary N) is 1. The molecule has 0 atom stereocenters. The van der Waals surface area contributed by atoms with Gasteiger partial charge in [-0.25, -0.2) is 9.78 Å². The Morgan fingerprint density at radius 2 is 1.74 bits per heavy atom. The predicted molar refractivity (Wildman–Crippen MR) is 139 cm³/mol. The Hall–Kier alpha value is -3.33. The molecular formula is C26H35N7O2. The minimum absolute atomic E-state index is 0.206. The van der Waals surface area contributed by atoms with Crippen molar-refractivity contribution in [3.05, 3.63) is 42.1 Å². The van der Waals surface area contributed by atoms with Crippen LogP contribution in [0.15, 0.2) is 36.5 Å². The van der Waals surface area contributed by atoms with Crippen molar-refractivity contribution < 1.29 is 9.59 Å². The van der Waals surface area contributed by atoms with Crippen LogP contribution >= 0.6 is 0 Å². The summed E-state index contributed by atoms with van der Waals surface area (Å²) >= 11 is 0. The highest BCUT2D eigenvalue weighted by Crippen LogP contribution is 2.28. The summed E-state index contributed by atoms with van der Waals surface area (Å²) in [5.74, 6) is 1.56. The summed E-state index contributed by atoms with van der Waals surface area (Å²) in [6, 6.07) is 9.89. The van der Waals surface area contributed by atoms with E-state index in [1.807, 2.05) is 25.1 Å². The maximum absolute atomic E-state index is 12.2. The monoisotopic (exact) mass is 477 g/mol. The fourth-order valence-corrected chi connectivity index (χ4v) is 5.42. The highest BCUT2D eigenvalue weighted by Gasteiger charge is 2.27. The van der Waals surface area contributed by atoms with Crippen molar-refractivity contribution in [2.75, 3.05) is 72.8 Å². The van der Waals surface area contributed by atoms with Gasteiger partial charge in [-0.1, -0.05) is 0 Å². The number of nitrogens with two attached hydrogens (primary N) is 1. The van der Waals surface area contributed by atoms with Crippen molar-refractivity contribution >= 4 is 34.8 Å². The summed E-state index contributed by atoms with van der Waals surface area (Å²) in [7, 11) is 0. The zero-order chi connectivity index (χ0) is 24.4. The number of carbonyl (C=O) groups excluding carboxylic acids is 2. The number of rotatable bonds is 5. The van der Waals surface area contributed by atoms with Crippen molar-refractivity contribution in [3.63, 3.8) is 0 Å². The summed E-state index contributed by atoms with van der Waals surface area (Å²) < 4.78 is 0. The van der Waals surface area contributed by atoms with Crippen LogP contribution in [-0.2, 0) is 4.79 Å². The second kappa shape index (κ2) is 10.1. The van der Waals surface area contributed by atoms with Crippen molar-refractivity contribution in [2.24, 2.45) is 5.92 Å². The van der Waals surface area contributed by atoms with Gasteiger partial charge in [-0.05, 0) is 61.6 Å². The molecule has 186 valence electrons. The number of hydrogen-bond donors (Lipinski definition) is 2. The minimum atomic E-state index is -0.332. The first-order valence-electron chi connectivity index (χ1n) is 12.6. The topological polar surface area (TPSA) is 98.0 Å². The Balaban J connectivity index is 1.10. The van der Waals surface area contributed by atoms with Gasteiger partial charge in [0.25, 0.3) is 0 Å². The van der Waals surface area contributed by atoms with Gasteiger partial charge < -0.3 is 15.5 Å². The van der Waals surface area contributed by atoms with Gasteiger partial charge in [0.15, 0.2) is 0 Å². The molecule has 3 aliphatic heterocycles. The van der Waals surface area contributed by atoms with Crippen LogP contribution in [0.1, 0.15) is 24.8 Å². The molecule has 9 heteroatoms. The number of piperidine rings is 1. The summed E-state index contributed by atoms with van der Waals surface area (Å²) in [5, 5.41) is 2.41. The van der Waals surface area contributed by atoms with Crippen LogP contribution in [0.5, 0.6) is 0 Å². The molecule has 3 N–H and O–H groups in total. The highest BCUT2D eigenvalue weighted by molar-refractivity contribution is 6.06. The summed E-state index contributed by atoms with van der Waals surface area (Å²) in [4.78, 5) is 37.2. The first-order chi connectivity index (χ1) is 17.0. The average molecular weight is 478 g/mol. The lowest BCUT2D eigenvalue weighted by Crippen LogP contribution is -2.50. The van der Waals surface area contributed by atoms with Crippen LogP contribution in [-0.4, -0.2) is 74.2 Å². The van der Waals surface area contributed by atoms with Crippen LogP contribution in [0, 0.1) is 12.8 Å². The van der Waals surface area contributed by atoms with Crippen LogP contribution in [0.25, 0.3) is 0 Å². The number of hydrogen-bond acceptors (Lipinski definition) is 7. The largest absolute Gasteiger partial charge is 0.397 e. The number of aryl methyl sites for hydroxylation is 1. The number of imide groups is 1. The highest BCUT2D eigenvalue weighted by atomic mass is 16.2. The third-order valence-corrected chi connectivity index (χ3v) is 7.49. The zero-order valence-corrected chi connectivity index (χ0v) is 20.4. The third-order valence-electron chi connectivity index (χ3n) is 7.49. The average Bonchev–Trinajstić information content (AvgIpc) is 2.86. The molecule has 0 spiro atoms. The van der Waals surface area contributed by atoms with E-state index in [2.05, 4.69) is 37.1 Å². The molecule has 0 unspecified atom stereocenters. The molecule has 0 saturated carbocycles. The van der Waals surface area contributed by atoms with E-state index in [4.69, 9.17) is 5.73 Å². The number of piperazine rings is 1. The molecule has 4 heterocycles. The van der Waals surface area contributed by atoms with Gasteiger partial charge in [0, 0.05) is 70.2 Å². The number of carbonyl (C=O) groups is 2. The Kier molecular flexibility index (Phi) is 6.77. The summed E-state index contributed by atoms with van der Waals surface area (Å²) in [5.41, 5.74) is 9.60. The molecule has 3 aliphatic rings.